The third-order valence-electron chi connectivity index (χ3n) is 1.16. The second-order valence-corrected chi connectivity index (χ2v) is 2.22. The average Bonchev–Trinajstić information content (AvgIpc) is 1.93. The van der Waals surface area contributed by atoms with E-state index < -0.39 is 0 Å². The smallest absolute Gasteiger partial charge is 0.185 e. The molecule has 0 fully saturated rings. The first-order valence-electron chi connectivity index (χ1n) is 3.10. The molecular weight excluding hydrogens is 180 g/mol. The summed E-state index contributed by atoms with van der Waals surface area (Å²) in [5.41, 5.74) is 0. The van der Waals surface area contributed by atoms with E-state index in [9.17, 15) is 0 Å². The highest BCUT2D eigenvalue weighted by atomic mass is 79.9. The minimum absolute atomic E-state index is 0.562. The fourth-order valence-corrected chi connectivity index (χ4v) is 0.760. The van der Waals surface area contributed by atoms with Crippen molar-refractivity contribution in [3.63, 3.8) is 0 Å². The molecule has 2 heteroatoms. The Morgan fingerprint density at radius 1 is 1.22 bits per heavy atom. The van der Waals surface area contributed by atoms with E-state index in [-0.39, 0.29) is 0 Å². The molecule has 0 heterocycles. The van der Waals surface area contributed by atoms with Crippen molar-refractivity contribution in [1.82, 2.24) is 0 Å². The number of rotatable bonds is 0. The van der Waals surface area contributed by atoms with Crippen molar-refractivity contribution in [3.8, 4) is 0 Å². The fourth-order valence-electron chi connectivity index (χ4n) is 0.760. The van der Waals surface area contributed by atoms with Gasteiger partial charge in [0.1, 0.15) is 0 Å². The van der Waals surface area contributed by atoms with E-state index in [1.807, 2.05) is 0 Å². The molecule has 0 aliphatic heterocycles. The Bertz CT molecular complexity index is 80.9. The van der Waals surface area contributed by atoms with Gasteiger partial charge in [0, 0.05) is 0 Å². The highest BCUT2D eigenvalue weighted by molar-refractivity contribution is 9.17. The largest absolute Gasteiger partial charge is 0.290 e. The number of carbonyl (C=O) groups is 1. The molecule has 1 aliphatic carbocycles. The summed E-state index contributed by atoms with van der Waals surface area (Å²) in [7, 11) is 0. The third-order valence-corrected chi connectivity index (χ3v) is 1.16. The van der Waals surface area contributed by atoms with E-state index in [1.165, 1.54) is 25.7 Å². The molecule has 0 saturated carbocycles. The Morgan fingerprint density at radius 3 is 1.67 bits per heavy atom. The molecule has 0 atom stereocenters. The lowest BCUT2D eigenvalue weighted by molar-refractivity contribution is 0.571. The molecule has 0 unspecified atom stereocenters. The van der Waals surface area contributed by atoms with E-state index in [2.05, 4.69) is 28.1 Å². The zero-order valence-electron chi connectivity index (χ0n) is 5.35. The van der Waals surface area contributed by atoms with Crippen molar-refractivity contribution in [2.75, 3.05) is 0 Å². The van der Waals surface area contributed by atoms with Gasteiger partial charge < -0.3 is 0 Å². The Labute approximate surface area is 64.3 Å². The Morgan fingerprint density at radius 2 is 1.56 bits per heavy atom. The Hall–Kier alpha value is -0.110. The van der Waals surface area contributed by atoms with Crippen molar-refractivity contribution in [2.24, 2.45) is 0 Å². The maximum atomic E-state index is 8.72. The first-order chi connectivity index (χ1) is 4.41. The number of carbonyl (C=O) groups excluding carboxylic acids is 1. The minimum Gasteiger partial charge on any atom is -0.290 e. The monoisotopic (exact) mass is 190 g/mol. The number of allylic oxidation sites excluding steroid dienone is 2. The van der Waals surface area contributed by atoms with Crippen LogP contribution in [0.4, 0.5) is 0 Å². The lowest BCUT2D eigenvalue weighted by atomic mass is 10.1. The molecule has 0 bridgehead atoms. The highest BCUT2D eigenvalue weighted by Crippen LogP contribution is 2.07. The fraction of sp³-hybridized carbons (Fsp3) is 0.571. The second kappa shape index (κ2) is 7.89. The van der Waals surface area contributed by atoms with Crippen LogP contribution in [0.2, 0.25) is 0 Å². The molecule has 1 aliphatic rings. The zero-order chi connectivity index (χ0) is 6.95. The van der Waals surface area contributed by atoms with Crippen LogP contribution in [0.25, 0.3) is 0 Å². The highest BCUT2D eigenvalue weighted by Gasteiger charge is 1.87. The Balaban J connectivity index is 0.000000187. The van der Waals surface area contributed by atoms with Gasteiger partial charge in [0.15, 0.2) is 5.20 Å². The van der Waals surface area contributed by atoms with E-state index in [4.69, 9.17) is 4.79 Å². The summed E-state index contributed by atoms with van der Waals surface area (Å²) < 4.78 is 0. The summed E-state index contributed by atoms with van der Waals surface area (Å²) >= 11 is 2.47. The van der Waals surface area contributed by atoms with Gasteiger partial charge in [-0.25, -0.2) is 0 Å². The molecule has 9 heavy (non-hydrogen) atoms. The minimum atomic E-state index is 0.562. The second-order valence-electron chi connectivity index (χ2n) is 1.84. The van der Waals surface area contributed by atoms with E-state index in [0.717, 1.165) is 0 Å². The topological polar surface area (TPSA) is 17.1 Å². The van der Waals surface area contributed by atoms with Gasteiger partial charge in [0.25, 0.3) is 0 Å². The maximum absolute atomic E-state index is 8.72. The van der Waals surface area contributed by atoms with Crippen molar-refractivity contribution in [3.05, 3.63) is 12.2 Å². The molecule has 0 N–H and O–H groups in total. The average molecular weight is 191 g/mol. The zero-order valence-corrected chi connectivity index (χ0v) is 6.93. The van der Waals surface area contributed by atoms with Crippen molar-refractivity contribution in [1.29, 1.82) is 0 Å². The van der Waals surface area contributed by atoms with Gasteiger partial charge in [-0.2, -0.15) is 0 Å². The van der Waals surface area contributed by atoms with Crippen LogP contribution in [0.3, 0.4) is 0 Å². The molecule has 52 valence electrons. The Kier molecular flexibility index (Phi) is 7.79. The first kappa shape index (κ1) is 8.89. The van der Waals surface area contributed by atoms with Crippen molar-refractivity contribution >= 4 is 21.1 Å². The molecule has 0 spiro atoms. The molecule has 0 amide bonds. The van der Waals surface area contributed by atoms with Crippen LogP contribution in [0.15, 0.2) is 12.2 Å². The standard InChI is InChI=1S/C6H10.CHBrO/c1-2-4-6-5-3-1;2-1-3/h1-2H,3-6H2;1H. The lowest BCUT2D eigenvalue weighted by Crippen LogP contribution is -1.77. The molecule has 0 aromatic rings. The summed E-state index contributed by atoms with van der Waals surface area (Å²) in [4.78, 5) is 8.72. The molecule has 1 nitrogen and oxygen atoms in total. The normalized spacial score (nSPS) is 15.7. The quantitative estimate of drug-likeness (QED) is 0.327. The van der Waals surface area contributed by atoms with E-state index in [0.29, 0.717) is 5.20 Å². The molecule has 0 aromatic carbocycles. The van der Waals surface area contributed by atoms with Gasteiger partial charge in [-0.05, 0) is 41.6 Å². The van der Waals surface area contributed by atoms with Crippen molar-refractivity contribution in [2.45, 2.75) is 25.7 Å². The molecule has 0 radical (unpaired) electrons. The van der Waals surface area contributed by atoms with E-state index >= 15 is 0 Å². The molecule has 1 rings (SSSR count). The number of hydrogen-bond acceptors (Lipinski definition) is 1. The number of halogens is 1. The van der Waals surface area contributed by atoms with Crippen LogP contribution in [0.1, 0.15) is 25.7 Å². The van der Waals surface area contributed by atoms with Crippen LogP contribution in [0, 0.1) is 0 Å². The first-order valence-corrected chi connectivity index (χ1v) is 4.02. The SMILES string of the molecule is C1=CCCCC1.O=CBr. The lowest BCUT2D eigenvalue weighted by Gasteiger charge is -1.97. The van der Waals surface area contributed by atoms with Crippen LogP contribution >= 0.6 is 15.9 Å². The van der Waals surface area contributed by atoms with Gasteiger partial charge in [-0.3, -0.25) is 4.79 Å². The van der Waals surface area contributed by atoms with Gasteiger partial charge in [0.05, 0.1) is 0 Å². The summed E-state index contributed by atoms with van der Waals surface area (Å²) in [5, 5.41) is 0.562. The third kappa shape index (κ3) is 7.89. The van der Waals surface area contributed by atoms with Gasteiger partial charge >= 0.3 is 0 Å². The van der Waals surface area contributed by atoms with Crippen LogP contribution in [-0.4, -0.2) is 5.20 Å². The van der Waals surface area contributed by atoms with Gasteiger partial charge in [0.2, 0.25) is 0 Å². The summed E-state index contributed by atoms with van der Waals surface area (Å²) in [5.74, 6) is 0. The van der Waals surface area contributed by atoms with Crippen LogP contribution in [-0.2, 0) is 4.79 Å². The predicted molar refractivity (Wildman–Crippen MR) is 43.3 cm³/mol. The molecular formula is C7H11BrO. The van der Waals surface area contributed by atoms with Crippen LogP contribution < -0.4 is 0 Å². The maximum Gasteiger partial charge on any atom is 0.185 e. The van der Waals surface area contributed by atoms with Crippen molar-refractivity contribution < 1.29 is 4.79 Å². The van der Waals surface area contributed by atoms with Gasteiger partial charge in [-0.1, -0.05) is 12.2 Å². The summed E-state index contributed by atoms with van der Waals surface area (Å²) in [6.07, 6.45) is 10.0. The van der Waals surface area contributed by atoms with Crippen LogP contribution in [0.5, 0.6) is 0 Å². The molecule has 0 saturated heterocycles. The predicted octanol–water partition coefficient (Wildman–Crippen LogP) is 2.69. The van der Waals surface area contributed by atoms with Gasteiger partial charge in [-0.15, -0.1) is 0 Å². The molecule has 0 aromatic heterocycles. The van der Waals surface area contributed by atoms with E-state index in [1.54, 1.807) is 0 Å². The number of hydrogen-bond donors (Lipinski definition) is 0. The summed E-state index contributed by atoms with van der Waals surface area (Å²) in [6.45, 7) is 0. The summed E-state index contributed by atoms with van der Waals surface area (Å²) in [6, 6.07) is 0.